The third-order valence-electron chi connectivity index (χ3n) is 4.48. The molecule has 0 aliphatic heterocycles. The number of unbranched alkanes of at least 4 members (excludes halogenated alkanes) is 1. The molecule has 2 aromatic rings. The second-order valence-electron chi connectivity index (χ2n) is 8.43. The Kier molecular flexibility index (Phi) is 10.3. The highest BCUT2D eigenvalue weighted by Gasteiger charge is 2.16. The third-order valence-corrected chi connectivity index (χ3v) is 4.48. The molecule has 0 fully saturated rings. The first-order valence-corrected chi connectivity index (χ1v) is 11.0. The number of hydrogen-bond donors (Lipinski definition) is 3. The molecule has 6 nitrogen and oxygen atoms in total. The fourth-order valence-electron chi connectivity index (χ4n) is 3.01. The average molecular weight is 429 g/mol. The van der Waals surface area contributed by atoms with Gasteiger partial charge >= 0.3 is 6.09 Å². The van der Waals surface area contributed by atoms with E-state index in [1.54, 1.807) is 0 Å². The van der Waals surface area contributed by atoms with Crippen LogP contribution in [0.3, 0.4) is 0 Å². The number of aliphatic hydroxyl groups excluding tert-OH is 1. The number of nitrogens with one attached hydrogen (secondary N) is 2. The molecule has 3 N–H and O–H groups in total. The first-order valence-electron chi connectivity index (χ1n) is 11.0. The Hall–Kier alpha value is -2.57. The molecule has 2 aromatic carbocycles. The maximum atomic E-state index is 12.0. The highest BCUT2D eigenvalue weighted by molar-refractivity contribution is 5.71. The lowest BCUT2D eigenvalue weighted by molar-refractivity contribution is 0.0523. The molecule has 0 aliphatic carbocycles. The molecule has 0 heterocycles. The number of rotatable bonds is 12. The molecule has 2 rings (SSSR count). The highest BCUT2D eigenvalue weighted by Crippen LogP contribution is 2.31. The third kappa shape index (κ3) is 9.85. The summed E-state index contributed by atoms with van der Waals surface area (Å²) in [6, 6.07) is 16.1. The monoisotopic (exact) mass is 428 g/mol. The van der Waals surface area contributed by atoms with Crippen molar-refractivity contribution in [3.05, 3.63) is 54.1 Å². The highest BCUT2D eigenvalue weighted by atomic mass is 16.6. The van der Waals surface area contributed by atoms with Crippen LogP contribution in [0.2, 0.25) is 0 Å². The van der Waals surface area contributed by atoms with Crippen LogP contribution in [0.4, 0.5) is 4.79 Å². The maximum Gasteiger partial charge on any atom is 0.407 e. The van der Waals surface area contributed by atoms with Gasteiger partial charge in [-0.2, -0.15) is 0 Å². The topological polar surface area (TPSA) is 79.8 Å². The molecule has 0 atom stereocenters. The lowest BCUT2D eigenvalue weighted by atomic mass is 10.0. The van der Waals surface area contributed by atoms with Crippen LogP contribution in [0.1, 0.15) is 45.6 Å². The second-order valence-corrected chi connectivity index (χ2v) is 8.43. The lowest BCUT2D eigenvalue weighted by Gasteiger charge is -2.20. The van der Waals surface area contributed by atoms with E-state index < -0.39 is 11.7 Å². The first-order chi connectivity index (χ1) is 14.9. The molecule has 31 heavy (non-hydrogen) atoms. The molecule has 170 valence electrons. The van der Waals surface area contributed by atoms with Gasteiger partial charge in [-0.1, -0.05) is 42.5 Å². The Bertz CT molecular complexity index is 788. The molecule has 0 saturated carbocycles. The maximum absolute atomic E-state index is 12.0. The minimum atomic E-state index is -0.526. The quantitative estimate of drug-likeness (QED) is 0.434. The van der Waals surface area contributed by atoms with Crippen LogP contribution < -0.4 is 15.4 Å². The molecule has 0 unspecified atom stereocenters. The Balaban J connectivity index is 1.97. The molecule has 1 amide bonds. The smallest absolute Gasteiger partial charge is 0.407 e. The minimum absolute atomic E-state index is 0.242. The van der Waals surface area contributed by atoms with Crippen LogP contribution >= 0.6 is 0 Å². The van der Waals surface area contributed by atoms with Gasteiger partial charge in [-0.15, -0.1) is 0 Å². The summed E-state index contributed by atoms with van der Waals surface area (Å²) in [4.78, 5) is 12.0. The van der Waals surface area contributed by atoms with E-state index in [1.165, 1.54) is 0 Å². The van der Waals surface area contributed by atoms with Gasteiger partial charge in [0.1, 0.15) is 11.4 Å². The summed E-state index contributed by atoms with van der Waals surface area (Å²) in [5, 5.41) is 15.0. The van der Waals surface area contributed by atoms with E-state index in [4.69, 9.17) is 14.6 Å². The van der Waals surface area contributed by atoms with E-state index in [2.05, 4.69) is 22.8 Å². The van der Waals surface area contributed by atoms with Crippen LogP contribution in [0.15, 0.2) is 48.5 Å². The summed E-state index contributed by atoms with van der Waals surface area (Å²) >= 11 is 0. The summed E-state index contributed by atoms with van der Waals surface area (Å²) in [6.45, 7) is 8.50. The van der Waals surface area contributed by atoms with Crippen LogP contribution in [-0.4, -0.2) is 43.1 Å². The summed E-state index contributed by atoms with van der Waals surface area (Å²) in [5.41, 5.74) is 2.54. The number of aliphatic hydroxyl groups is 1. The zero-order valence-electron chi connectivity index (χ0n) is 18.9. The van der Waals surface area contributed by atoms with Crippen molar-refractivity contribution in [2.45, 2.75) is 52.2 Å². The van der Waals surface area contributed by atoms with Gasteiger partial charge in [0.25, 0.3) is 0 Å². The zero-order valence-corrected chi connectivity index (χ0v) is 18.9. The number of amides is 1. The Labute approximate surface area is 186 Å². The fourth-order valence-corrected chi connectivity index (χ4v) is 3.01. The van der Waals surface area contributed by atoms with Crippen molar-refractivity contribution < 1.29 is 19.4 Å². The minimum Gasteiger partial charge on any atom is -0.493 e. The average Bonchev–Trinajstić information content (AvgIpc) is 2.73. The van der Waals surface area contributed by atoms with E-state index in [1.807, 2.05) is 57.2 Å². The standard InChI is InChI=1S/C25H36N2O4/c1-25(2,3)31-24(29)27-19-20-12-13-22(21-10-5-4-6-11-21)23(18-20)30-17-9-15-26-14-7-8-16-28/h4-6,10-13,18,26,28H,7-9,14-17,19H2,1-3H3,(H,27,29). The Morgan fingerprint density at radius 3 is 2.45 bits per heavy atom. The molecular formula is C25H36N2O4. The Morgan fingerprint density at radius 2 is 1.74 bits per heavy atom. The number of alkyl carbamates (subject to hydrolysis) is 1. The molecular weight excluding hydrogens is 392 g/mol. The summed E-state index contributed by atoms with van der Waals surface area (Å²) in [6.07, 6.45) is 2.25. The van der Waals surface area contributed by atoms with E-state index in [0.29, 0.717) is 13.2 Å². The van der Waals surface area contributed by atoms with Gasteiger partial charge in [-0.05, 0) is 70.3 Å². The van der Waals surface area contributed by atoms with E-state index >= 15 is 0 Å². The number of ether oxygens (including phenoxy) is 2. The van der Waals surface area contributed by atoms with Gasteiger partial charge in [0, 0.05) is 18.7 Å². The van der Waals surface area contributed by atoms with Crippen LogP contribution in [0.5, 0.6) is 5.75 Å². The van der Waals surface area contributed by atoms with Gasteiger partial charge < -0.3 is 25.2 Å². The zero-order chi connectivity index (χ0) is 22.5. The first kappa shape index (κ1) is 24.7. The Morgan fingerprint density at radius 1 is 1.00 bits per heavy atom. The number of hydrogen-bond acceptors (Lipinski definition) is 5. The molecule has 0 spiro atoms. The summed E-state index contributed by atoms with van der Waals surface area (Å²) < 4.78 is 11.4. The van der Waals surface area contributed by atoms with E-state index in [9.17, 15) is 4.79 Å². The predicted octanol–water partition coefficient (Wildman–Crippen LogP) is 4.51. The number of carbonyl (C=O) groups excluding carboxylic acids is 1. The molecule has 0 aromatic heterocycles. The second kappa shape index (κ2) is 13.0. The van der Waals surface area contributed by atoms with Gasteiger partial charge in [0.2, 0.25) is 0 Å². The SMILES string of the molecule is CC(C)(C)OC(=O)NCc1ccc(-c2ccccc2)c(OCCCNCCCCO)c1. The van der Waals surface area contributed by atoms with Crippen LogP contribution in [-0.2, 0) is 11.3 Å². The van der Waals surface area contributed by atoms with Gasteiger partial charge in [0.05, 0.1) is 6.61 Å². The summed E-state index contributed by atoms with van der Waals surface area (Å²) in [5.74, 6) is 0.801. The fraction of sp³-hybridized carbons (Fsp3) is 0.480. The molecule has 0 aliphatic rings. The summed E-state index contributed by atoms with van der Waals surface area (Å²) in [7, 11) is 0. The van der Waals surface area contributed by atoms with Crippen molar-refractivity contribution in [1.82, 2.24) is 10.6 Å². The van der Waals surface area contributed by atoms with Crippen molar-refractivity contribution in [3.8, 4) is 16.9 Å². The largest absolute Gasteiger partial charge is 0.493 e. The van der Waals surface area contributed by atoms with E-state index in [-0.39, 0.29) is 6.61 Å². The molecule has 0 radical (unpaired) electrons. The number of benzene rings is 2. The van der Waals surface area contributed by atoms with Crippen molar-refractivity contribution >= 4 is 6.09 Å². The normalized spacial score (nSPS) is 11.2. The molecule has 0 bridgehead atoms. The predicted molar refractivity (Wildman–Crippen MR) is 124 cm³/mol. The van der Waals surface area contributed by atoms with Gasteiger partial charge in [-0.25, -0.2) is 4.79 Å². The van der Waals surface area contributed by atoms with Crippen LogP contribution in [0, 0.1) is 0 Å². The van der Waals surface area contributed by atoms with Crippen molar-refractivity contribution in [2.75, 3.05) is 26.3 Å². The number of carbonyl (C=O) groups is 1. The molecule has 6 heteroatoms. The van der Waals surface area contributed by atoms with Crippen molar-refractivity contribution in [3.63, 3.8) is 0 Å². The van der Waals surface area contributed by atoms with Crippen LogP contribution in [0.25, 0.3) is 11.1 Å². The molecule has 0 saturated heterocycles. The lowest BCUT2D eigenvalue weighted by Crippen LogP contribution is -2.32. The van der Waals surface area contributed by atoms with E-state index in [0.717, 1.165) is 54.8 Å². The van der Waals surface area contributed by atoms with Crippen molar-refractivity contribution in [1.29, 1.82) is 0 Å². The van der Waals surface area contributed by atoms with Gasteiger partial charge in [-0.3, -0.25) is 0 Å². The van der Waals surface area contributed by atoms with Crippen molar-refractivity contribution in [2.24, 2.45) is 0 Å². The van der Waals surface area contributed by atoms with Gasteiger partial charge in [0.15, 0.2) is 0 Å².